The van der Waals surface area contributed by atoms with Gasteiger partial charge in [-0.2, -0.15) is 9.40 Å². The Kier molecular flexibility index (Phi) is 6.33. The maximum Gasteiger partial charge on any atom is 0.244 e. The zero-order valence-electron chi connectivity index (χ0n) is 21.1. The monoisotopic (exact) mass is 528 g/mol. The fourth-order valence-corrected chi connectivity index (χ4v) is 6.24. The summed E-state index contributed by atoms with van der Waals surface area (Å²) >= 11 is 0. The maximum absolute atomic E-state index is 15.6. The molecule has 1 atom stereocenters. The number of nitrogens with zero attached hydrogens (tertiary/aromatic N) is 3. The van der Waals surface area contributed by atoms with Crippen LogP contribution in [-0.2, 0) is 38.2 Å². The molecule has 0 amide bonds. The summed E-state index contributed by atoms with van der Waals surface area (Å²) in [7, 11) is -2.29. The normalized spacial score (nSPS) is 19.3. The van der Waals surface area contributed by atoms with Gasteiger partial charge in [0.05, 0.1) is 28.9 Å². The van der Waals surface area contributed by atoms with Crippen LogP contribution < -0.4 is 10.1 Å². The van der Waals surface area contributed by atoms with Gasteiger partial charge in [-0.05, 0) is 50.6 Å². The summed E-state index contributed by atoms with van der Waals surface area (Å²) in [5.74, 6) is 0.424. The molecule has 9 nitrogen and oxygen atoms in total. The molecule has 0 radical (unpaired) electrons. The van der Waals surface area contributed by atoms with Crippen molar-refractivity contribution in [1.82, 2.24) is 14.1 Å². The van der Waals surface area contributed by atoms with Crippen molar-refractivity contribution in [3.05, 3.63) is 65.1 Å². The Bertz CT molecular complexity index is 1460. The molecular formula is C26H29FN4O5S. The highest BCUT2D eigenvalue weighted by atomic mass is 32.2. The van der Waals surface area contributed by atoms with E-state index in [-0.39, 0.29) is 48.0 Å². The van der Waals surface area contributed by atoms with Gasteiger partial charge < -0.3 is 14.8 Å². The number of sulfonamides is 1. The summed E-state index contributed by atoms with van der Waals surface area (Å²) in [6, 6.07) is 11.7. The largest absolute Gasteiger partial charge is 0.497 e. The lowest BCUT2D eigenvalue weighted by Gasteiger charge is -2.24. The minimum absolute atomic E-state index is 0.0197. The number of halogens is 1. The second-order valence-electron chi connectivity index (χ2n) is 10.2. The predicted octanol–water partition coefficient (Wildman–Crippen LogP) is 4.26. The zero-order valence-corrected chi connectivity index (χ0v) is 21.9. The topological polar surface area (TPSA) is 103 Å². The highest BCUT2D eigenvalue weighted by Crippen LogP contribution is 2.38. The van der Waals surface area contributed by atoms with Gasteiger partial charge in [-0.15, -0.1) is 0 Å². The molecule has 0 bridgehead atoms. The van der Waals surface area contributed by atoms with Crippen LogP contribution in [0.15, 0.2) is 47.4 Å². The van der Waals surface area contributed by atoms with Crippen molar-refractivity contribution in [3.8, 4) is 5.75 Å². The van der Waals surface area contributed by atoms with Crippen LogP contribution in [-0.4, -0.2) is 42.0 Å². The second-order valence-corrected chi connectivity index (χ2v) is 12.1. The third-order valence-corrected chi connectivity index (χ3v) is 8.37. The number of hydrogen-bond donors (Lipinski definition) is 1. The van der Waals surface area contributed by atoms with Crippen molar-refractivity contribution >= 4 is 27.3 Å². The molecule has 0 saturated carbocycles. The van der Waals surface area contributed by atoms with E-state index in [9.17, 15) is 13.2 Å². The third-order valence-electron chi connectivity index (χ3n) is 6.49. The average Bonchev–Trinajstić information content (AvgIpc) is 3.53. The number of benzene rings is 2. The van der Waals surface area contributed by atoms with E-state index in [4.69, 9.17) is 9.47 Å². The molecule has 0 aliphatic carbocycles. The molecule has 1 unspecified atom stereocenters. The van der Waals surface area contributed by atoms with Gasteiger partial charge in [-0.1, -0.05) is 12.1 Å². The van der Waals surface area contributed by atoms with Gasteiger partial charge in [-0.3, -0.25) is 9.48 Å². The minimum Gasteiger partial charge on any atom is -0.497 e. The summed E-state index contributed by atoms with van der Waals surface area (Å²) < 4.78 is 55.7. The number of anilines is 2. The predicted molar refractivity (Wildman–Crippen MR) is 135 cm³/mol. The minimum atomic E-state index is -3.84. The van der Waals surface area contributed by atoms with Crippen molar-refractivity contribution in [2.75, 3.05) is 19.0 Å². The molecule has 11 heteroatoms. The van der Waals surface area contributed by atoms with Crippen LogP contribution in [0.5, 0.6) is 5.75 Å². The van der Waals surface area contributed by atoms with Crippen LogP contribution in [0, 0.1) is 5.82 Å². The van der Waals surface area contributed by atoms with Gasteiger partial charge in [0.15, 0.2) is 17.4 Å². The van der Waals surface area contributed by atoms with Crippen molar-refractivity contribution in [1.29, 1.82) is 0 Å². The number of rotatable bonds is 6. The standard InChI is InChI=1S/C26H29FN4O5S/c1-26(2,3)31-21(22-11-17(32)15-36-22)12-24(29-31)28-20-9-10-23-19(25(20)27)14-30(37(23,33)34)13-16-5-7-18(35-4)8-6-16/h5-10,12,22H,11,13-15H2,1-4H3,(H,28,29). The van der Waals surface area contributed by atoms with Gasteiger partial charge in [0.2, 0.25) is 10.0 Å². The van der Waals surface area contributed by atoms with E-state index in [0.29, 0.717) is 11.6 Å². The highest BCUT2D eigenvalue weighted by Gasteiger charge is 2.38. The Hall–Kier alpha value is -3.28. The van der Waals surface area contributed by atoms with E-state index < -0.39 is 27.5 Å². The lowest BCUT2D eigenvalue weighted by atomic mass is 10.1. The second kappa shape index (κ2) is 9.23. The van der Waals surface area contributed by atoms with E-state index in [0.717, 1.165) is 11.3 Å². The number of hydrogen-bond acceptors (Lipinski definition) is 7. The number of nitrogens with one attached hydrogen (secondary N) is 1. The SMILES string of the molecule is COc1ccc(CN2Cc3c(ccc(Nc4cc(C5CC(=O)CO5)n(C(C)(C)C)n4)c3F)S2(=O)=O)cc1. The molecule has 1 saturated heterocycles. The zero-order chi connectivity index (χ0) is 26.5. The summed E-state index contributed by atoms with van der Waals surface area (Å²) in [6.45, 7) is 6.02. The number of fused-ring (bicyclic) bond motifs is 1. The van der Waals surface area contributed by atoms with Crippen LogP contribution >= 0.6 is 0 Å². The van der Waals surface area contributed by atoms with E-state index >= 15 is 4.39 Å². The van der Waals surface area contributed by atoms with Crippen molar-refractivity contribution in [2.24, 2.45) is 0 Å². The number of carbonyl (C=O) groups is 1. The lowest BCUT2D eigenvalue weighted by Crippen LogP contribution is -2.26. The first-order chi connectivity index (χ1) is 17.5. The Morgan fingerprint density at radius 3 is 2.54 bits per heavy atom. The van der Waals surface area contributed by atoms with Crippen LogP contribution in [0.3, 0.4) is 0 Å². The summed E-state index contributed by atoms with van der Waals surface area (Å²) in [5.41, 5.74) is 1.31. The summed E-state index contributed by atoms with van der Waals surface area (Å²) in [5, 5.41) is 7.60. The van der Waals surface area contributed by atoms with Gasteiger partial charge in [-0.25, -0.2) is 12.8 Å². The molecule has 3 heterocycles. The molecule has 1 N–H and O–H groups in total. The number of aromatic nitrogens is 2. The van der Waals surface area contributed by atoms with Gasteiger partial charge in [0.25, 0.3) is 0 Å². The van der Waals surface area contributed by atoms with E-state index in [2.05, 4.69) is 10.4 Å². The van der Waals surface area contributed by atoms with Crippen molar-refractivity contribution in [2.45, 2.75) is 56.8 Å². The Morgan fingerprint density at radius 1 is 1.19 bits per heavy atom. The molecule has 1 aromatic heterocycles. The number of Topliss-reactive ketones (excluding diaryl/α,β-unsaturated/α-hetero) is 1. The first kappa shape index (κ1) is 25.4. The fraction of sp³-hybridized carbons (Fsp3) is 0.385. The summed E-state index contributed by atoms with van der Waals surface area (Å²) in [6.07, 6.45) is -0.160. The van der Waals surface area contributed by atoms with Gasteiger partial charge in [0.1, 0.15) is 18.5 Å². The van der Waals surface area contributed by atoms with Gasteiger partial charge >= 0.3 is 0 Å². The Balaban J connectivity index is 1.42. The van der Waals surface area contributed by atoms with Crippen LogP contribution in [0.2, 0.25) is 0 Å². The molecule has 1 fully saturated rings. The first-order valence-corrected chi connectivity index (χ1v) is 13.4. The number of ketones is 1. The fourth-order valence-electron chi connectivity index (χ4n) is 4.63. The summed E-state index contributed by atoms with van der Waals surface area (Å²) in [4.78, 5) is 11.7. The molecule has 2 aliphatic heterocycles. The van der Waals surface area contributed by atoms with Gasteiger partial charge in [0, 0.05) is 31.1 Å². The Labute approximate surface area is 215 Å². The average molecular weight is 529 g/mol. The van der Waals surface area contributed by atoms with Crippen LogP contribution in [0.25, 0.3) is 0 Å². The quantitative estimate of drug-likeness (QED) is 0.510. The molecule has 196 valence electrons. The van der Waals surface area contributed by atoms with E-state index in [1.165, 1.54) is 16.4 Å². The Morgan fingerprint density at radius 2 is 1.92 bits per heavy atom. The molecule has 2 aliphatic rings. The van der Waals surface area contributed by atoms with Crippen molar-refractivity contribution < 1.29 is 27.1 Å². The molecule has 37 heavy (non-hydrogen) atoms. The molecular weight excluding hydrogens is 499 g/mol. The van der Waals surface area contributed by atoms with Crippen molar-refractivity contribution in [3.63, 3.8) is 0 Å². The third kappa shape index (κ3) is 4.74. The maximum atomic E-state index is 15.6. The van der Waals surface area contributed by atoms with Crippen LogP contribution in [0.1, 0.15) is 50.1 Å². The van der Waals surface area contributed by atoms with E-state index in [1.807, 2.05) is 20.8 Å². The lowest BCUT2D eigenvalue weighted by molar-refractivity contribution is -0.117. The van der Waals surface area contributed by atoms with E-state index in [1.54, 1.807) is 42.1 Å². The number of methoxy groups -OCH3 is 1. The molecule has 0 spiro atoms. The number of carbonyl (C=O) groups excluding carboxylic acids is 1. The smallest absolute Gasteiger partial charge is 0.244 e. The highest BCUT2D eigenvalue weighted by molar-refractivity contribution is 7.89. The molecule has 2 aromatic carbocycles. The number of ether oxygens (including phenoxy) is 2. The van der Waals surface area contributed by atoms with Crippen LogP contribution in [0.4, 0.5) is 15.9 Å². The first-order valence-electron chi connectivity index (χ1n) is 11.9. The molecule has 3 aromatic rings. The molecule has 5 rings (SSSR count).